The van der Waals surface area contributed by atoms with Crippen molar-refractivity contribution in [1.82, 2.24) is 0 Å². The molecule has 0 aliphatic rings. The minimum absolute atomic E-state index is 0.0614. The molecule has 0 amide bonds. The van der Waals surface area contributed by atoms with Crippen LogP contribution in [-0.4, -0.2) is 37.2 Å². The first kappa shape index (κ1) is 64.4. The highest BCUT2D eigenvalue weighted by molar-refractivity contribution is 5.71. The fourth-order valence-electron chi connectivity index (χ4n) is 9.33. The van der Waals surface area contributed by atoms with Crippen molar-refractivity contribution in [3.8, 4) is 0 Å². The molecule has 0 saturated heterocycles. The predicted octanol–water partition coefficient (Wildman–Crippen LogP) is 19.9. The van der Waals surface area contributed by atoms with Gasteiger partial charge < -0.3 is 14.2 Å². The van der Waals surface area contributed by atoms with Gasteiger partial charge in [0.15, 0.2) is 6.10 Å². The van der Waals surface area contributed by atoms with Crippen molar-refractivity contribution >= 4 is 17.9 Å². The van der Waals surface area contributed by atoms with E-state index in [0.717, 1.165) is 57.8 Å². The highest BCUT2D eigenvalue weighted by Gasteiger charge is 2.19. The zero-order valence-electron chi connectivity index (χ0n) is 45.0. The van der Waals surface area contributed by atoms with E-state index in [1.54, 1.807) is 0 Å². The van der Waals surface area contributed by atoms with Crippen LogP contribution in [0.4, 0.5) is 0 Å². The minimum atomic E-state index is -0.760. The van der Waals surface area contributed by atoms with E-state index in [2.05, 4.69) is 20.8 Å². The fraction of sp³-hybridized carbons (Fsp3) is 0.950. The van der Waals surface area contributed by atoms with Crippen LogP contribution in [0.5, 0.6) is 0 Å². The third kappa shape index (κ3) is 53.4. The molecule has 0 aliphatic heterocycles. The van der Waals surface area contributed by atoms with E-state index in [4.69, 9.17) is 14.2 Å². The van der Waals surface area contributed by atoms with Gasteiger partial charge in [0.05, 0.1) is 0 Å². The number of ether oxygens (including phenoxy) is 3. The Morgan fingerprint density at radius 2 is 0.409 bits per heavy atom. The summed E-state index contributed by atoms with van der Waals surface area (Å²) in [5.41, 5.74) is 0. The van der Waals surface area contributed by atoms with Crippen LogP contribution < -0.4 is 0 Å². The van der Waals surface area contributed by atoms with Gasteiger partial charge in [0.1, 0.15) is 13.2 Å². The zero-order chi connectivity index (χ0) is 47.9. The molecule has 1 atom stereocenters. The lowest BCUT2D eigenvalue weighted by Gasteiger charge is -2.18. The van der Waals surface area contributed by atoms with E-state index in [0.29, 0.717) is 19.3 Å². The normalized spacial score (nSPS) is 11.9. The standard InChI is InChI=1S/C60H116O6/c1-4-7-10-13-16-19-21-23-25-26-27-28-29-30-31-32-33-34-35-37-38-41-44-47-50-53-59(62)65-56-57(55-64-58(61)52-49-46-43-40-18-15-12-9-6-3)66-60(63)54-51-48-45-42-39-36-24-22-20-17-14-11-8-5-2/h57H,4-56H2,1-3H3. The first-order chi connectivity index (χ1) is 32.5. The molecule has 0 aromatic heterocycles. The van der Waals surface area contributed by atoms with Crippen LogP contribution in [0.1, 0.15) is 348 Å². The van der Waals surface area contributed by atoms with Crippen molar-refractivity contribution < 1.29 is 28.6 Å². The van der Waals surface area contributed by atoms with E-state index in [9.17, 15) is 14.4 Å². The average molecular weight is 934 g/mol. The molecule has 6 heteroatoms. The maximum Gasteiger partial charge on any atom is 0.306 e. The number of carbonyl (C=O) groups excluding carboxylic acids is 3. The highest BCUT2D eigenvalue weighted by atomic mass is 16.6. The number of hydrogen-bond donors (Lipinski definition) is 0. The Balaban J connectivity index is 4.09. The van der Waals surface area contributed by atoms with Gasteiger partial charge in [0, 0.05) is 19.3 Å². The van der Waals surface area contributed by atoms with E-state index in [-0.39, 0.29) is 31.1 Å². The van der Waals surface area contributed by atoms with Gasteiger partial charge in [-0.1, -0.05) is 310 Å². The monoisotopic (exact) mass is 933 g/mol. The smallest absolute Gasteiger partial charge is 0.306 e. The topological polar surface area (TPSA) is 78.9 Å². The zero-order valence-corrected chi connectivity index (χ0v) is 45.0. The summed E-state index contributed by atoms with van der Waals surface area (Å²) in [6, 6.07) is 0. The van der Waals surface area contributed by atoms with Crippen LogP contribution in [0.3, 0.4) is 0 Å². The fourth-order valence-corrected chi connectivity index (χ4v) is 9.33. The Bertz CT molecular complexity index is 982. The van der Waals surface area contributed by atoms with Crippen LogP contribution >= 0.6 is 0 Å². The maximum absolute atomic E-state index is 12.8. The summed E-state index contributed by atoms with van der Waals surface area (Å²) in [6.07, 6.45) is 62.6. The van der Waals surface area contributed by atoms with Crippen LogP contribution in [0.25, 0.3) is 0 Å². The number of esters is 3. The molecule has 0 spiro atoms. The quantitative estimate of drug-likeness (QED) is 0.0343. The molecule has 0 rings (SSSR count). The van der Waals surface area contributed by atoms with Crippen molar-refractivity contribution in [3.63, 3.8) is 0 Å². The summed E-state index contributed by atoms with van der Waals surface area (Å²) >= 11 is 0. The summed E-state index contributed by atoms with van der Waals surface area (Å²) in [7, 11) is 0. The van der Waals surface area contributed by atoms with Crippen molar-refractivity contribution in [2.24, 2.45) is 0 Å². The third-order valence-corrected chi connectivity index (χ3v) is 13.9. The van der Waals surface area contributed by atoms with Gasteiger partial charge in [-0.25, -0.2) is 0 Å². The lowest BCUT2D eigenvalue weighted by molar-refractivity contribution is -0.167. The average Bonchev–Trinajstić information content (AvgIpc) is 3.31. The summed E-state index contributed by atoms with van der Waals surface area (Å²) < 4.78 is 16.8. The van der Waals surface area contributed by atoms with Crippen molar-refractivity contribution in [2.75, 3.05) is 13.2 Å². The third-order valence-electron chi connectivity index (χ3n) is 13.9. The van der Waals surface area contributed by atoms with Gasteiger partial charge in [-0.05, 0) is 19.3 Å². The second-order valence-corrected chi connectivity index (χ2v) is 20.6. The molecule has 0 radical (unpaired) electrons. The van der Waals surface area contributed by atoms with Gasteiger partial charge in [-0.15, -0.1) is 0 Å². The summed E-state index contributed by atoms with van der Waals surface area (Å²) in [5.74, 6) is -0.837. The molecule has 0 bridgehead atoms. The molecule has 1 unspecified atom stereocenters. The first-order valence-corrected chi connectivity index (χ1v) is 30.0. The highest BCUT2D eigenvalue weighted by Crippen LogP contribution is 2.18. The predicted molar refractivity (Wildman–Crippen MR) is 284 cm³/mol. The maximum atomic E-state index is 12.8. The van der Waals surface area contributed by atoms with E-state index in [1.165, 1.54) is 250 Å². The Morgan fingerprint density at radius 1 is 0.242 bits per heavy atom. The largest absolute Gasteiger partial charge is 0.462 e. The molecule has 0 aliphatic carbocycles. The molecule has 0 N–H and O–H groups in total. The second kappa shape index (κ2) is 56.0. The Kier molecular flexibility index (Phi) is 54.7. The molecule has 0 fully saturated rings. The number of carbonyl (C=O) groups is 3. The minimum Gasteiger partial charge on any atom is -0.462 e. The Hall–Kier alpha value is -1.59. The van der Waals surface area contributed by atoms with Crippen LogP contribution in [0.2, 0.25) is 0 Å². The lowest BCUT2D eigenvalue weighted by Crippen LogP contribution is -2.30. The molecule has 66 heavy (non-hydrogen) atoms. The van der Waals surface area contributed by atoms with Crippen molar-refractivity contribution in [2.45, 2.75) is 354 Å². The second-order valence-electron chi connectivity index (χ2n) is 20.6. The van der Waals surface area contributed by atoms with E-state index >= 15 is 0 Å². The Morgan fingerprint density at radius 3 is 0.606 bits per heavy atom. The van der Waals surface area contributed by atoms with Gasteiger partial charge in [0.2, 0.25) is 0 Å². The van der Waals surface area contributed by atoms with Crippen molar-refractivity contribution in [3.05, 3.63) is 0 Å². The van der Waals surface area contributed by atoms with Gasteiger partial charge in [0.25, 0.3) is 0 Å². The first-order valence-electron chi connectivity index (χ1n) is 30.0. The number of rotatable bonds is 56. The summed E-state index contributed by atoms with van der Waals surface area (Å²) in [4.78, 5) is 38.0. The van der Waals surface area contributed by atoms with Crippen molar-refractivity contribution in [1.29, 1.82) is 0 Å². The van der Waals surface area contributed by atoms with Crippen LogP contribution in [0, 0.1) is 0 Å². The van der Waals surface area contributed by atoms with E-state index in [1.807, 2.05) is 0 Å². The lowest BCUT2D eigenvalue weighted by atomic mass is 10.0. The molecular formula is C60H116O6. The number of hydrogen-bond acceptors (Lipinski definition) is 6. The number of unbranched alkanes of at least 4 members (excludes halogenated alkanes) is 45. The molecule has 0 aromatic carbocycles. The molecule has 0 heterocycles. The molecule has 0 aromatic rings. The van der Waals surface area contributed by atoms with Gasteiger partial charge in [-0.2, -0.15) is 0 Å². The summed E-state index contributed by atoms with van der Waals surface area (Å²) in [6.45, 7) is 6.69. The molecule has 6 nitrogen and oxygen atoms in total. The van der Waals surface area contributed by atoms with Gasteiger partial charge >= 0.3 is 17.9 Å². The van der Waals surface area contributed by atoms with Crippen LogP contribution in [0.15, 0.2) is 0 Å². The Labute approximate surface area is 412 Å². The molecule has 392 valence electrons. The van der Waals surface area contributed by atoms with Gasteiger partial charge in [-0.3, -0.25) is 14.4 Å². The van der Waals surface area contributed by atoms with E-state index < -0.39 is 6.10 Å². The molecular weight excluding hydrogens is 817 g/mol. The van der Waals surface area contributed by atoms with Crippen LogP contribution in [-0.2, 0) is 28.6 Å². The summed E-state index contributed by atoms with van der Waals surface area (Å²) in [5, 5.41) is 0. The SMILES string of the molecule is CCCCCCCCCCCCCCCCCCCCCCCCCCCC(=O)OCC(COC(=O)CCCCCCCCCCC)OC(=O)CCCCCCCCCCCCCCCC. The molecule has 0 saturated carbocycles.